The monoisotopic (exact) mass is 395 g/mol. The van der Waals surface area contributed by atoms with Crippen molar-refractivity contribution >= 4 is 11.7 Å². The number of carbonyl (C=O) groups excluding carboxylic acids is 1. The lowest BCUT2D eigenvalue weighted by Gasteiger charge is -2.60. The number of hydrogen-bond acceptors (Lipinski definition) is 4. The van der Waals surface area contributed by atoms with Gasteiger partial charge in [-0.2, -0.15) is 0 Å². The van der Waals surface area contributed by atoms with Crippen LogP contribution in [-0.2, 0) is 9.53 Å². The SMILES string of the molecule is C=C[C@H]1CC2=C/C(=N/O)CC[C@@H]2C2CC[C@@]3(CC)C(C21)[C@H]1C[C@H]1[C@@]31CCC(=O)O1. The maximum atomic E-state index is 12.3. The molecule has 0 aromatic carbocycles. The molecule has 1 N–H and O–H groups in total. The zero-order valence-corrected chi connectivity index (χ0v) is 17.5. The first kappa shape index (κ1) is 18.2. The summed E-state index contributed by atoms with van der Waals surface area (Å²) in [5.41, 5.74) is 2.36. The molecule has 0 bridgehead atoms. The maximum Gasteiger partial charge on any atom is 0.306 e. The van der Waals surface area contributed by atoms with Gasteiger partial charge in [0, 0.05) is 17.8 Å². The van der Waals surface area contributed by atoms with Gasteiger partial charge in [0.15, 0.2) is 0 Å². The predicted octanol–water partition coefficient (Wildman–Crippen LogP) is 5.12. The summed E-state index contributed by atoms with van der Waals surface area (Å²) in [6.45, 7) is 6.62. The van der Waals surface area contributed by atoms with Gasteiger partial charge in [0.05, 0.1) is 5.71 Å². The number of esters is 1. The van der Waals surface area contributed by atoms with Gasteiger partial charge >= 0.3 is 5.97 Å². The summed E-state index contributed by atoms with van der Waals surface area (Å²) in [5.74, 6) is 4.59. The fraction of sp³-hybridized carbons (Fsp3) is 0.760. The van der Waals surface area contributed by atoms with E-state index in [0.29, 0.717) is 41.9 Å². The molecule has 1 aliphatic heterocycles. The highest BCUT2D eigenvalue weighted by molar-refractivity contribution is 5.96. The van der Waals surface area contributed by atoms with Crippen LogP contribution in [0.5, 0.6) is 0 Å². The van der Waals surface area contributed by atoms with E-state index in [1.54, 1.807) is 0 Å². The average molecular weight is 396 g/mol. The van der Waals surface area contributed by atoms with Crippen molar-refractivity contribution in [2.24, 2.45) is 52.0 Å². The molecule has 4 nitrogen and oxygen atoms in total. The summed E-state index contributed by atoms with van der Waals surface area (Å²) in [5, 5.41) is 12.8. The van der Waals surface area contributed by atoms with Crippen molar-refractivity contribution in [2.75, 3.05) is 0 Å². The van der Waals surface area contributed by atoms with Crippen molar-refractivity contribution in [1.82, 2.24) is 0 Å². The van der Waals surface area contributed by atoms with Crippen molar-refractivity contribution in [3.8, 4) is 0 Å². The van der Waals surface area contributed by atoms with Crippen LogP contribution >= 0.6 is 0 Å². The van der Waals surface area contributed by atoms with Gasteiger partial charge in [0.2, 0.25) is 0 Å². The predicted molar refractivity (Wildman–Crippen MR) is 110 cm³/mol. The van der Waals surface area contributed by atoms with Gasteiger partial charge in [-0.15, -0.1) is 6.58 Å². The van der Waals surface area contributed by atoms with Crippen molar-refractivity contribution in [3.63, 3.8) is 0 Å². The molecule has 5 aliphatic carbocycles. The van der Waals surface area contributed by atoms with Crippen molar-refractivity contribution in [2.45, 2.75) is 70.3 Å². The number of hydrogen-bond donors (Lipinski definition) is 1. The molecule has 6 aliphatic rings. The summed E-state index contributed by atoms with van der Waals surface area (Å²) in [7, 11) is 0. The van der Waals surface area contributed by atoms with Crippen LogP contribution in [0, 0.1) is 46.8 Å². The van der Waals surface area contributed by atoms with E-state index in [1.165, 1.54) is 24.8 Å². The lowest BCUT2D eigenvalue weighted by atomic mass is 9.45. The Morgan fingerprint density at radius 3 is 2.86 bits per heavy atom. The Morgan fingerprint density at radius 2 is 2.17 bits per heavy atom. The second kappa shape index (κ2) is 5.98. The normalized spacial score (nSPS) is 53.6. The molecule has 9 atom stereocenters. The number of nitrogens with zero attached hydrogens (tertiary/aromatic N) is 1. The third-order valence-electron chi connectivity index (χ3n) is 10.3. The van der Waals surface area contributed by atoms with Crippen molar-refractivity contribution in [1.29, 1.82) is 0 Å². The number of ether oxygens (including phenoxy) is 1. The van der Waals surface area contributed by atoms with Gasteiger partial charge in [0.25, 0.3) is 0 Å². The van der Waals surface area contributed by atoms with E-state index in [2.05, 4.69) is 30.8 Å². The van der Waals surface area contributed by atoms with Gasteiger partial charge in [0.1, 0.15) is 5.60 Å². The summed E-state index contributed by atoms with van der Waals surface area (Å²) in [6, 6.07) is 0. The molecule has 0 amide bonds. The molecular weight excluding hydrogens is 362 g/mol. The Bertz CT molecular complexity index is 830. The lowest BCUT2D eigenvalue weighted by Crippen LogP contribution is -2.57. The van der Waals surface area contributed by atoms with Gasteiger partial charge in [-0.25, -0.2) is 0 Å². The molecule has 0 aromatic heterocycles. The van der Waals surface area contributed by atoms with E-state index in [0.717, 1.165) is 43.7 Å². The first-order chi connectivity index (χ1) is 14.1. The second-order valence-electron chi connectivity index (χ2n) is 10.7. The summed E-state index contributed by atoms with van der Waals surface area (Å²) >= 11 is 0. The van der Waals surface area contributed by atoms with Crippen LogP contribution in [0.1, 0.15) is 64.7 Å². The molecule has 6 rings (SSSR count). The molecule has 0 radical (unpaired) electrons. The van der Waals surface area contributed by atoms with Gasteiger partial charge < -0.3 is 9.94 Å². The zero-order valence-electron chi connectivity index (χ0n) is 17.5. The minimum Gasteiger partial charge on any atom is -0.458 e. The number of carbonyl (C=O) groups is 1. The third-order valence-corrected chi connectivity index (χ3v) is 10.3. The highest BCUT2D eigenvalue weighted by Gasteiger charge is 2.79. The van der Waals surface area contributed by atoms with E-state index in [-0.39, 0.29) is 17.0 Å². The molecule has 1 saturated heterocycles. The summed E-state index contributed by atoms with van der Waals surface area (Å²) in [4.78, 5) is 12.3. The van der Waals surface area contributed by atoms with E-state index < -0.39 is 0 Å². The fourth-order valence-corrected chi connectivity index (χ4v) is 9.40. The fourth-order valence-electron chi connectivity index (χ4n) is 9.40. The first-order valence-corrected chi connectivity index (χ1v) is 11.8. The number of rotatable bonds is 2. The maximum absolute atomic E-state index is 12.3. The first-order valence-electron chi connectivity index (χ1n) is 11.8. The molecule has 0 aromatic rings. The molecule has 4 saturated carbocycles. The Balaban J connectivity index is 1.42. The van der Waals surface area contributed by atoms with E-state index in [4.69, 9.17) is 4.74 Å². The Kier molecular flexibility index (Phi) is 3.76. The van der Waals surface area contributed by atoms with Crippen LogP contribution in [0.25, 0.3) is 0 Å². The highest BCUT2D eigenvalue weighted by atomic mass is 16.6. The molecule has 5 fully saturated rings. The number of fused-ring (bicyclic) bond motifs is 9. The largest absolute Gasteiger partial charge is 0.458 e. The molecule has 29 heavy (non-hydrogen) atoms. The van der Waals surface area contributed by atoms with Crippen LogP contribution in [-0.4, -0.2) is 22.5 Å². The molecular formula is C25H33NO3. The topological polar surface area (TPSA) is 58.9 Å². The third kappa shape index (κ3) is 2.11. The van der Waals surface area contributed by atoms with Crippen LogP contribution in [0.2, 0.25) is 0 Å². The van der Waals surface area contributed by atoms with Crippen molar-refractivity contribution < 1.29 is 14.7 Å². The molecule has 3 unspecified atom stereocenters. The van der Waals surface area contributed by atoms with E-state index >= 15 is 0 Å². The van der Waals surface area contributed by atoms with Crippen LogP contribution < -0.4 is 0 Å². The van der Waals surface area contributed by atoms with Gasteiger partial charge in [-0.1, -0.05) is 23.7 Å². The number of allylic oxidation sites excluding steroid dienone is 3. The molecule has 1 spiro atoms. The standard InChI is InChI=1S/C25H33NO3/c1-3-14-11-15-12-16(26-28)5-6-17(15)18-7-9-24(4-2)23(22(14)18)19-13-20(19)25(24)10-8-21(27)29-25/h3,12,14,17-20,22-23,28H,1,4-11,13H2,2H3/b26-16+/t14-,17-,18?,19-,20+,22?,23?,24-,25-/m0/s1. The Morgan fingerprint density at radius 1 is 1.31 bits per heavy atom. The Labute approximate surface area is 173 Å². The summed E-state index contributed by atoms with van der Waals surface area (Å²) in [6.07, 6.45) is 13.9. The lowest BCUT2D eigenvalue weighted by molar-refractivity contribution is -0.181. The average Bonchev–Trinajstić information content (AvgIpc) is 3.40. The smallest absolute Gasteiger partial charge is 0.306 e. The quantitative estimate of drug-likeness (QED) is 0.305. The minimum atomic E-state index is -0.162. The van der Waals surface area contributed by atoms with Crippen LogP contribution in [0.4, 0.5) is 0 Å². The van der Waals surface area contributed by atoms with Crippen LogP contribution in [0.15, 0.2) is 29.5 Å². The Hall–Kier alpha value is -1.58. The minimum absolute atomic E-state index is 0.0449. The molecule has 1 heterocycles. The van der Waals surface area contributed by atoms with Gasteiger partial charge in [-0.3, -0.25) is 4.79 Å². The zero-order chi connectivity index (χ0) is 20.0. The van der Waals surface area contributed by atoms with E-state index in [1.807, 2.05) is 0 Å². The van der Waals surface area contributed by atoms with Crippen LogP contribution in [0.3, 0.4) is 0 Å². The number of oxime groups is 1. The molecule has 4 heteroatoms. The van der Waals surface area contributed by atoms with Crippen molar-refractivity contribution in [3.05, 3.63) is 24.3 Å². The molecule has 156 valence electrons. The summed E-state index contributed by atoms with van der Waals surface area (Å²) < 4.78 is 6.29. The second-order valence-corrected chi connectivity index (χ2v) is 10.7. The highest BCUT2D eigenvalue weighted by Crippen LogP contribution is 2.79. The van der Waals surface area contributed by atoms with E-state index in [9.17, 15) is 10.0 Å². The van der Waals surface area contributed by atoms with Gasteiger partial charge in [-0.05, 0) is 93.0 Å².